The largest absolute Gasteiger partial charge is 0.573 e. The van der Waals surface area contributed by atoms with Crippen molar-refractivity contribution in [3.05, 3.63) is 29.8 Å². The van der Waals surface area contributed by atoms with Gasteiger partial charge in [0.1, 0.15) is 5.75 Å². The quantitative estimate of drug-likeness (QED) is 0.925. The van der Waals surface area contributed by atoms with Crippen molar-refractivity contribution >= 4 is 0 Å². The van der Waals surface area contributed by atoms with Crippen LogP contribution in [0.1, 0.15) is 24.4 Å². The summed E-state index contributed by atoms with van der Waals surface area (Å²) in [6.07, 6.45) is -2.33. The van der Waals surface area contributed by atoms with Crippen LogP contribution in [0.2, 0.25) is 0 Å². The fraction of sp³-hybridized carbons (Fsp3) is 0.600. The number of piperazine rings is 1. The topological polar surface area (TPSA) is 24.5 Å². The highest BCUT2D eigenvalue weighted by Gasteiger charge is 2.37. The van der Waals surface area contributed by atoms with Crippen molar-refractivity contribution < 1.29 is 17.9 Å². The van der Waals surface area contributed by atoms with Gasteiger partial charge in [-0.05, 0) is 36.5 Å². The van der Waals surface area contributed by atoms with Crippen molar-refractivity contribution in [2.45, 2.75) is 25.2 Å². The van der Waals surface area contributed by atoms with Crippen LogP contribution < -0.4 is 10.1 Å². The number of benzene rings is 1. The highest BCUT2D eigenvalue weighted by Crippen LogP contribution is 2.45. The van der Waals surface area contributed by atoms with E-state index >= 15 is 0 Å². The molecule has 2 fully saturated rings. The Balaban J connectivity index is 1.80. The molecule has 1 aromatic rings. The van der Waals surface area contributed by atoms with Gasteiger partial charge in [-0.2, -0.15) is 0 Å². The molecule has 1 saturated carbocycles. The Morgan fingerprint density at radius 1 is 1.19 bits per heavy atom. The molecule has 116 valence electrons. The van der Waals surface area contributed by atoms with Gasteiger partial charge in [0.25, 0.3) is 0 Å². The molecule has 0 amide bonds. The van der Waals surface area contributed by atoms with Crippen molar-refractivity contribution in [1.82, 2.24) is 10.2 Å². The van der Waals surface area contributed by atoms with Crippen molar-refractivity contribution in [3.63, 3.8) is 0 Å². The lowest BCUT2D eigenvalue weighted by molar-refractivity contribution is -0.274. The zero-order chi connectivity index (χ0) is 14.9. The number of hydrogen-bond donors (Lipinski definition) is 1. The van der Waals surface area contributed by atoms with E-state index in [-0.39, 0.29) is 11.8 Å². The number of hydrogen-bond acceptors (Lipinski definition) is 3. The predicted molar refractivity (Wildman–Crippen MR) is 73.0 cm³/mol. The minimum Gasteiger partial charge on any atom is -0.406 e. The maximum Gasteiger partial charge on any atom is 0.573 e. The number of nitrogens with zero attached hydrogens (tertiary/aromatic N) is 1. The SMILES string of the molecule is FC(F)(F)Oc1cccc([C@H](C2CC2)N2CCNCC2)c1. The summed E-state index contributed by atoms with van der Waals surface area (Å²) in [6.45, 7) is 3.74. The maximum absolute atomic E-state index is 12.4. The molecule has 3 nitrogen and oxygen atoms in total. The van der Waals surface area contributed by atoms with Gasteiger partial charge in [-0.25, -0.2) is 0 Å². The fourth-order valence-electron chi connectivity index (χ4n) is 3.05. The Kier molecular flexibility index (Phi) is 4.08. The van der Waals surface area contributed by atoms with Crippen LogP contribution in [-0.2, 0) is 0 Å². The van der Waals surface area contributed by atoms with E-state index in [1.54, 1.807) is 12.1 Å². The second-order valence-corrected chi connectivity index (χ2v) is 5.69. The average molecular weight is 300 g/mol. The first-order valence-electron chi connectivity index (χ1n) is 7.33. The minimum absolute atomic E-state index is 0.124. The number of nitrogens with one attached hydrogen (secondary N) is 1. The van der Waals surface area contributed by atoms with Crippen LogP contribution in [-0.4, -0.2) is 37.4 Å². The molecule has 1 saturated heterocycles. The summed E-state index contributed by atoms with van der Waals surface area (Å²) in [5.41, 5.74) is 0.932. The Morgan fingerprint density at radius 3 is 2.52 bits per heavy atom. The van der Waals surface area contributed by atoms with Gasteiger partial charge in [0.2, 0.25) is 0 Å². The third-order valence-electron chi connectivity index (χ3n) is 4.05. The molecular weight excluding hydrogens is 281 g/mol. The number of rotatable bonds is 4. The molecule has 1 atom stereocenters. The van der Waals surface area contributed by atoms with E-state index in [0.717, 1.165) is 44.6 Å². The first kappa shape index (κ1) is 14.7. The van der Waals surface area contributed by atoms with Crippen LogP contribution in [0.3, 0.4) is 0 Å². The smallest absolute Gasteiger partial charge is 0.406 e. The van der Waals surface area contributed by atoms with Crippen LogP contribution in [0.25, 0.3) is 0 Å². The van der Waals surface area contributed by atoms with E-state index in [4.69, 9.17) is 0 Å². The second-order valence-electron chi connectivity index (χ2n) is 5.69. The molecule has 1 aliphatic carbocycles. The first-order valence-corrected chi connectivity index (χ1v) is 7.33. The summed E-state index contributed by atoms with van der Waals surface area (Å²) in [5.74, 6) is 0.435. The van der Waals surface area contributed by atoms with E-state index in [2.05, 4.69) is 15.0 Å². The zero-order valence-corrected chi connectivity index (χ0v) is 11.7. The van der Waals surface area contributed by atoms with Crippen LogP contribution in [0.15, 0.2) is 24.3 Å². The molecule has 0 bridgehead atoms. The summed E-state index contributed by atoms with van der Waals surface area (Å²) < 4.78 is 41.1. The van der Waals surface area contributed by atoms with Crippen molar-refractivity contribution in [1.29, 1.82) is 0 Å². The van der Waals surface area contributed by atoms with Crippen LogP contribution in [0.4, 0.5) is 13.2 Å². The Labute approximate surface area is 122 Å². The fourth-order valence-corrected chi connectivity index (χ4v) is 3.05. The minimum atomic E-state index is -4.64. The van der Waals surface area contributed by atoms with Gasteiger partial charge in [0.15, 0.2) is 0 Å². The summed E-state index contributed by atoms with van der Waals surface area (Å²) in [4.78, 5) is 2.38. The van der Waals surface area contributed by atoms with Gasteiger partial charge in [-0.15, -0.1) is 13.2 Å². The van der Waals surface area contributed by atoms with Gasteiger partial charge in [0, 0.05) is 32.2 Å². The number of alkyl halides is 3. The average Bonchev–Trinajstić information content (AvgIpc) is 3.23. The molecule has 2 aliphatic rings. The van der Waals surface area contributed by atoms with E-state index in [1.807, 2.05) is 6.07 Å². The lowest BCUT2D eigenvalue weighted by Crippen LogP contribution is -2.45. The van der Waals surface area contributed by atoms with Crippen LogP contribution in [0, 0.1) is 5.92 Å². The standard InChI is InChI=1S/C15H19F3N2O/c16-15(17,18)21-13-3-1-2-12(10-13)14(11-4-5-11)20-8-6-19-7-9-20/h1-3,10-11,14,19H,4-9H2/t14-/m0/s1. The molecular formula is C15H19F3N2O. The monoisotopic (exact) mass is 300 g/mol. The highest BCUT2D eigenvalue weighted by molar-refractivity contribution is 5.32. The highest BCUT2D eigenvalue weighted by atomic mass is 19.4. The number of halogens is 3. The molecule has 1 aromatic carbocycles. The predicted octanol–water partition coefficient (Wildman–Crippen LogP) is 2.94. The molecule has 21 heavy (non-hydrogen) atoms. The lowest BCUT2D eigenvalue weighted by Gasteiger charge is -2.35. The summed E-state index contributed by atoms with van der Waals surface area (Å²) in [7, 11) is 0. The zero-order valence-electron chi connectivity index (χ0n) is 11.7. The third kappa shape index (κ3) is 3.89. The van der Waals surface area contributed by atoms with Crippen molar-refractivity contribution in [3.8, 4) is 5.75 Å². The van der Waals surface area contributed by atoms with E-state index < -0.39 is 6.36 Å². The molecule has 1 heterocycles. The van der Waals surface area contributed by atoms with Gasteiger partial charge >= 0.3 is 6.36 Å². The van der Waals surface area contributed by atoms with E-state index in [0.29, 0.717) is 5.92 Å². The summed E-state index contributed by atoms with van der Waals surface area (Å²) in [5, 5.41) is 3.31. The van der Waals surface area contributed by atoms with Crippen molar-refractivity contribution in [2.24, 2.45) is 5.92 Å². The second kappa shape index (κ2) is 5.85. The summed E-state index contributed by atoms with van der Waals surface area (Å²) in [6, 6.07) is 6.67. The first-order chi connectivity index (χ1) is 10.0. The van der Waals surface area contributed by atoms with Gasteiger partial charge in [-0.1, -0.05) is 12.1 Å². The Bertz CT molecular complexity index is 482. The number of ether oxygens (including phenoxy) is 1. The Hall–Kier alpha value is -1.27. The molecule has 1 N–H and O–H groups in total. The molecule has 6 heteroatoms. The van der Waals surface area contributed by atoms with Crippen LogP contribution >= 0.6 is 0 Å². The lowest BCUT2D eigenvalue weighted by atomic mass is 9.99. The molecule has 3 rings (SSSR count). The van der Waals surface area contributed by atoms with Crippen LogP contribution in [0.5, 0.6) is 5.75 Å². The van der Waals surface area contributed by atoms with E-state index in [1.165, 1.54) is 6.07 Å². The van der Waals surface area contributed by atoms with E-state index in [9.17, 15) is 13.2 Å². The molecule has 0 radical (unpaired) electrons. The third-order valence-corrected chi connectivity index (χ3v) is 4.05. The van der Waals surface area contributed by atoms with Gasteiger partial charge in [-0.3, -0.25) is 4.90 Å². The maximum atomic E-state index is 12.4. The van der Waals surface area contributed by atoms with Gasteiger partial charge in [0.05, 0.1) is 0 Å². The van der Waals surface area contributed by atoms with Gasteiger partial charge < -0.3 is 10.1 Å². The molecule has 0 aromatic heterocycles. The molecule has 1 aliphatic heterocycles. The molecule has 0 spiro atoms. The van der Waals surface area contributed by atoms with Crippen molar-refractivity contribution in [2.75, 3.05) is 26.2 Å². The normalized spacial score (nSPS) is 22.0. The molecule has 0 unspecified atom stereocenters. The Morgan fingerprint density at radius 2 is 1.90 bits per heavy atom. The summed E-state index contributed by atoms with van der Waals surface area (Å²) >= 11 is 0.